The summed E-state index contributed by atoms with van der Waals surface area (Å²) in [6.07, 6.45) is 0. The SMILES string of the molecule is [CH]C(=O)c1ccc(N(C)C)cc1. The number of ketones is 1. The monoisotopic (exact) mass is 161 g/mol. The number of nitrogens with zero attached hydrogens (tertiary/aromatic N) is 1. The van der Waals surface area contributed by atoms with Crippen LogP contribution in [0.3, 0.4) is 0 Å². The van der Waals surface area contributed by atoms with Crippen molar-refractivity contribution in [2.75, 3.05) is 19.0 Å². The van der Waals surface area contributed by atoms with Gasteiger partial charge in [-0.25, -0.2) is 0 Å². The van der Waals surface area contributed by atoms with Gasteiger partial charge in [0.15, 0.2) is 5.78 Å². The summed E-state index contributed by atoms with van der Waals surface area (Å²) in [6.45, 7) is 5.09. The maximum atomic E-state index is 10.7. The number of carbonyl (C=O) groups is 1. The zero-order valence-corrected chi connectivity index (χ0v) is 7.24. The first-order valence-corrected chi connectivity index (χ1v) is 3.68. The van der Waals surface area contributed by atoms with Crippen molar-refractivity contribution in [3.05, 3.63) is 36.8 Å². The summed E-state index contributed by atoms with van der Waals surface area (Å²) < 4.78 is 0. The van der Waals surface area contributed by atoms with Crippen LogP contribution in [0.25, 0.3) is 0 Å². The van der Waals surface area contributed by atoms with Gasteiger partial charge >= 0.3 is 0 Å². The molecule has 2 nitrogen and oxygen atoms in total. The summed E-state index contributed by atoms with van der Waals surface area (Å²) in [5, 5.41) is 0. The van der Waals surface area contributed by atoms with Crippen LogP contribution in [-0.4, -0.2) is 19.9 Å². The molecule has 0 N–H and O–H groups in total. The van der Waals surface area contributed by atoms with E-state index in [1.54, 1.807) is 12.1 Å². The molecule has 0 unspecified atom stereocenters. The lowest BCUT2D eigenvalue weighted by atomic mass is 10.1. The molecule has 62 valence electrons. The summed E-state index contributed by atoms with van der Waals surface area (Å²) >= 11 is 0. The fraction of sp³-hybridized carbons (Fsp3) is 0.200. The van der Waals surface area contributed by atoms with Gasteiger partial charge in [0.05, 0.1) is 0 Å². The molecule has 0 spiro atoms. The number of anilines is 1. The van der Waals surface area contributed by atoms with E-state index >= 15 is 0 Å². The molecule has 0 aliphatic rings. The Balaban J connectivity index is 2.93. The summed E-state index contributed by atoms with van der Waals surface area (Å²) in [5.74, 6) is -0.389. The molecule has 0 amide bonds. The van der Waals surface area contributed by atoms with Gasteiger partial charge in [0.1, 0.15) is 0 Å². The van der Waals surface area contributed by atoms with Crippen LogP contribution in [0.5, 0.6) is 0 Å². The van der Waals surface area contributed by atoms with E-state index in [2.05, 4.69) is 0 Å². The van der Waals surface area contributed by atoms with Crippen LogP contribution in [0.1, 0.15) is 10.4 Å². The number of hydrogen-bond acceptors (Lipinski definition) is 2. The molecule has 0 atom stereocenters. The molecule has 2 heteroatoms. The maximum Gasteiger partial charge on any atom is 0.167 e. The zero-order valence-electron chi connectivity index (χ0n) is 7.24. The minimum absolute atomic E-state index is 0.389. The lowest BCUT2D eigenvalue weighted by Gasteiger charge is -2.11. The third-order valence-electron chi connectivity index (χ3n) is 1.67. The molecule has 0 aliphatic carbocycles. The fourth-order valence-electron chi connectivity index (χ4n) is 0.924. The van der Waals surface area contributed by atoms with Crippen molar-refractivity contribution in [1.29, 1.82) is 0 Å². The van der Waals surface area contributed by atoms with Crippen molar-refractivity contribution in [3.63, 3.8) is 0 Å². The highest BCUT2D eigenvalue weighted by Gasteiger charge is 1.99. The van der Waals surface area contributed by atoms with Crippen LogP contribution in [0.15, 0.2) is 24.3 Å². The van der Waals surface area contributed by atoms with Crippen LogP contribution in [0.2, 0.25) is 0 Å². The summed E-state index contributed by atoms with van der Waals surface area (Å²) in [4.78, 5) is 12.7. The molecule has 2 radical (unpaired) electrons. The van der Waals surface area contributed by atoms with E-state index in [0.717, 1.165) is 5.69 Å². The van der Waals surface area contributed by atoms with Gasteiger partial charge in [-0.05, 0) is 24.3 Å². The van der Waals surface area contributed by atoms with E-state index in [1.807, 2.05) is 31.1 Å². The highest BCUT2D eigenvalue weighted by molar-refractivity contribution is 5.99. The second-order valence-corrected chi connectivity index (χ2v) is 2.81. The summed E-state index contributed by atoms with van der Waals surface area (Å²) in [7, 11) is 3.89. The topological polar surface area (TPSA) is 20.3 Å². The van der Waals surface area contributed by atoms with Crippen LogP contribution >= 0.6 is 0 Å². The van der Waals surface area contributed by atoms with E-state index in [-0.39, 0.29) is 5.78 Å². The lowest BCUT2D eigenvalue weighted by Crippen LogP contribution is -2.08. The molecule has 1 aromatic carbocycles. The van der Waals surface area contributed by atoms with Crippen molar-refractivity contribution in [1.82, 2.24) is 0 Å². The Morgan fingerprint density at radius 3 is 2.08 bits per heavy atom. The van der Waals surface area contributed by atoms with Crippen LogP contribution in [-0.2, 0) is 0 Å². The first-order chi connectivity index (χ1) is 5.61. The molecule has 0 bridgehead atoms. The van der Waals surface area contributed by atoms with Crippen molar-refractivity contribution in [2.24, 2.45) is 0 Å². The van der Waals surface area contributed by atoms with Crippen LogP contribution in [0, 0.1) is 6.92 Å². The Morgan fingerprint density at radius 2 is 1.75 bits per heavy atom. The minimum Gasteiger partial charge on any atom is -0.378 e. The summed E-state index contributed by atoms with van der Waals surface area (Å²) in [6, 6.07) is 7.16. The molecule has 0 aliphatic heterocycles. The van der Waals surface area contributed by atoms with Crippen LogP contribution < -0.4 is 4.90 Å². The highest BCUT2D eigenvalue weighted by atomic mass is 16.1. The van der Waals surface area contributed by atoms with Gasteiger partial charge < -0.3 is 4.90 Å². The lowest BCUT2D eigenvalue weighted by molar-refractivity contribution is 0.104. The van der Waals surface area contributed by atoms with Crippen molar-refractivity contribution in [3.8, 4) is 0 Å². The molecule has 0 aromatic heterocycles. The smallest absolute Gasteiger partial charge is 0.167 e. The molecular weight excluding hydrogens is 150 g/mol. The van der Waals surface area contributed by atoms with E-state index in [1.165, 1.54) is 0 Å². The van der Waals surface area contributed by atoms with Gasteiger partial charge in [-0.15, -0.1) is 0 Å². The standard InChI is InChI=1S/C10H11NO/c1-8(12)9-4-6-10(7-5-9)11(2)3/h1,4-7H,2-3H3. The van der Waals surface area contributed by atoms with E-state index in [9.17, 15) is 4.79 Å². The van der Waals surface area contributed by atoms with E-state index < -0.39 is 0 Å². The largest absolute Gasteiger partial charge is 0.378 e. The molecule has 1 aromatic rings. The molecule has 0 saturated heterocycles. The van der Waals surface area contributed by atoms with E-state index in [0.29, 0.717) is 5.56 Å². The van der Waals surface area contributed by atoms with Gasteiger partial charge in [-0.2, -0.15) is 0 Å². The highest BCUT2D eigenvalue weighted by Crippen LogP contribution is 2.11. The third kappa shape index (κ3) is 1.84. The second-order valence-electron chi connectivity index (χ2n) is 2.81. The quantitative estimate of drug-likeness (QED) is 0.615. The molecule has 0 fully saturated rings. The number of carbonyl (C=O) groups excluding carboxylic acids is 1. The van der Waals surface area contributed by atoms with Crippen molar-refractivity contribution in [2.45, 2.75) is 0 Å². The molecular formula is C10H11NO. The number of Topliss-reactive ketones (excluding diaryl/α,β-unsaturated/α-hetero) is 1. The normalized spacial score (nSPS) is 9.58. The average molecular weight is 161 g/mol. The maximum absolute atomic E-state index is 10.7. The predicted molar refractivity (Wildman–Crippen MR) is 49.4 cm³/mol. The van der Waals surface area contributed by atoms with Gasteiger partial charge in [0.2, 0.25) is 0 Å². The molecule has 0 saturated carbocycles. The molecule has 1 rings (SSSR count). The Bertz CT molecular complexity index is 274. The fourth-order valence-corrected chi connectivity index (χ4v) is 0.924. The number of rotatable bonds is 2. The summed E-state index contributed by atoms with van der Waals surface area (Å²) in [5.41, 5.74) is 1.60. The minimum atomic E-state index is -0.389. The first kappa shape index (κ1) is 8.78. The van der Waals surface area contributed by atoms with Gasteiger partial charge in [-0.1, -0.05) is 0 Å². The van der Waals surface area contributed by atoms with E-state index in [4.69, 9.17) is 6.92 Å². The second kappa shape index (κ2) is 3.39. The predicted octanol–water partition coefficient (Wildman–Crippen LogP) is 1.65. The van der Waals surface area contributed by atoms with Gasteiger partial charge in [0, 0.05) is 32.3 Å². The Morgan fingerprint density at radius 1 is 1.25 bits per heavy atom. The van der Waals surface area contributed by atoms with Crippen LogP contribution in [0.4, 0.5) is 5.69 Å². The Kier molecular flexibility index (Phi) is 2.48. The third-order valence-corrected chi connectivity index (χ3v) is 1.67. The first-order valence-electron chi connectivity index (χ1n) is 3.68. The number of hydrogen-bond donors (Lipinski definition) is 0. The average Bonchev–Trinajstić information content (AvgIpc) is 2.04. The zero-order chi connectivity index (χ0) is 9.14. The Hall–Kier alpha value is -1.31. The van der Waals surface area contributed by atoms with Crippen molar-refractivity contribution >= 4 is 11.5 Å². The Labute approximate surface area is 72.8 Å². The molecule has 0 heterocycles. The van der Waals surface area contributed by atoms with Crippen molar-refractivity contribution < 1.29 is 4.79 Å². The van der Waals surface area contributed by atoms with Gasteiger partial charge in [0.25, 0.3) is 0 Å². The molecule has 12 heavy (non-hydrogen) atoms. The van der Waals surface area contributed by atoms with Gasteiger partial charge in [-0.3, -0.25) is 4.79 Å². The number of benzene rings is 1.